The number of hydrogen-bond acceptors (Lipinski definition) is 3. The summed E-state index contributed by atoms with van der Waals surface area (Å²) in [6.45, 7) is 1.34. The van der Waals surface area contributed by atoms with Crippen molar-refractivity contribution in [1.82, 2.24) is 5.32 Å². The van der Waals surface area contributed by atoms with E-state index >= 15 is 0 Å². The molecular formula is C22H28BrN3O2. The number of anilines is 1. The van der Waals surface area contributed by atoms with Crippen molar-refractivity contribution in [2.75, 3.05) is 18.4 Å². The molecule has 150 valence electrons. The zero-order valence-electron chi connectivity index (χ0n) is 16.0. The van der Waals surface area contributed by atoms with Gasteiger partial charge >= 0.3 is 0 Å². The Morgan fingerprint density at radius 1 is 1.00 bits per heavy atom. The zero-order chi connectivity index (χ0) is 19.7. The number of carbonyl (C=O) groups excluding carboxylic acids is 2. The molecule has 0 saturated heterocycles. The van der Waals surface area contributed by atoms with Gasteiger partial charge in [0, 0.05) is 16.7 Å². The van der Waals surface area contributed by atoms with Crippen LogP contribution < -0.4 is 16.4 Å². The van der Waals surface area contributed by atoms with Gasteiger partial charge in [0.15, 0.2) is 0 Å². The first-order chi connectivity index (χ1) is 13.6. The van der Waals surface area contributed by atoms with E-state index in [-0.39, 0.29) is 40.9 Å². The third kappa shape index (κ3) is 3.52. The van der Waals surface area contributed by atoms with Crippen molar-refractivity contribution >= 4 is 33.4 Å². The molecule has 5 nitrogen and oxygen atoms in total. The van der Waals surface area contributed by atoms with Crippen LogP contribution in [0.5, 0.6) is 0 Å². The Morgan fingerprint density at radius 3 is 2.25 bits per heavy atom. The van der Waals surface area contributed by atoms with Crippen molar-refractivity contribution in [3.05, 3.63) is 40.9 Å². The summed E-state index contributed by atoms with van der Waals surface area (Å²) in [5.41, 5.74) is 6.45. The molecule has 0 aliphatic heterocycles. The highest BCUT2D eigenvalue weighted by Crippen LogP contribution is 2.72. The lowest BCUT2D eigenvalue weighted by Crippen LogP contribution is -2.42. The van der Waals surface area contributed by atoms with E-state index in [4.69, 9.17) is 5.73 Å². The van der Waals surface area contributed by atoms with Gasteiger partial charge in [-0.25, -0.2) is 0 Å². The normalized spacial score (nSPS) is 28.5. The van der Waals surface area contributed by atoms with E-state index in [9.17, 15) is 9.59 Å². The highest BCUT2D eigenvalue weighted by molar-refractivity contribution is 9.10. The first kappa shape index (κ1) is 19.6. The molecule has 1 aromatic rings. The first-order valence-electron chi connectivity index (χ1n) is 10.3. The van der Waals surface area contributed by atoms with E-state index in [1.165, 1.54) is 0 Å². The van der Waals surface area contributed by atoms with Gasteiger partial charge in [0.1, 0.15) is 0 Å². The first-order valence-corrected chi connectivity index (χ1v) is 11.1. The SMILES string of the molecule is NCCCCCNC(=O)[C@H]1[C@H](C(=O)Nc2ccc(Br)cc2)[C@H]2C=C[C@@H]1C21CC1. The van der Waals surface area contributed by atoms with Crippen LogP contribution in [0, 0.1) is 29.1 Å². The molecule has 0 radical (unpaired) electrons. The van der Waals surface area contributed by atoms with Crippen LogP contribution in [-0.2, 0) is 9.59 Å². The van der Waals surface area contributed by atoms with Crippen LogP contribution >= 0.6 is 15.9 Å². The van der Waals surface area contributed by atoms with Gasteiger partial charge in [-0.3, -0.25) is 9.59 Å². The lowest BCUT2D eigenvalue weighted by molar-refractivity contribution is -0.132. The molecule has 3 aliphatic rings. The highest BCUT2D eigenvalue weighted by atomic mass is 79.9. The van der Waals surface area contributed by atoms with Gasteiger partial charge < -0.3 is 16.4 Å². The molecular weight excluding hydrogens is 418 g/mol. The topological polar surface area (TPSA) is 84.2 Å². The van der Waals surface area contributed by atoms with E-state index < -0.39 is 0 Å². The molecule has 28 heavy (non-hydrogen) atoms. The van der Waals surface area contributed by atoms with Crippen molar-refractivity contribution in [1.29, 1.82) is 0 Å². The van der Waals surface area contributed by atoms with Gasteiger partial charge in [0.2, 0.25) is 11.8 Å². The van der Waals surface area contributed by atoms with Crippen LogP contribution in [-0.4, -0.2) is 24.9 Å². The average Bonchev–Trinajstić information content (AvgIpc) is 3.36. The lowest BCUT2D eigenvalue weighted by Gasteiger charge is -2.26. The standard InChI is InChI=1S/C22H28BrN3O2/c23-14-4-6-15(7-5-14)26-21(28)19-17-9-8-16(22(17)10-11-22)18(19)20(27)25-13-3-1-2-12-24/h4-9,16-19H,1-3,10-13,24H2,(H,25,27)(H,26,28)/t16-,17+,18+,19+/m0/s1. The fourth-order valence-corrected chi connectivity index (χ4v) is 5.51. The second-order valence-corrected chi connectivity index (χ2v) is 9.27. The number of benzene rings is 1. The van der Waals surface area contributed by atoms with E-state index in [2.05, 4.69) is 38.7 Å². The minimum absolute atomic E-state index is 0.0336. The minimum atomic E-state index is -0.287. The Bertz CT molecular complexity index is 772. The molecule has 2 amide bonds. The number of hydrogen-bond donors (Lipinski definition) is 3. The zero-order valence-corrected chi connectivity index (χ0v) is 17.6. The van der Waals surface area contributed by atoms with Crippen LogP contribution in [0.15, 0.2) is 40.9 Å². The van der Waals surface area contributed by atoms with Gasteiger partial charge in [0.05, 0.1) is 11.8 Å². The van der Waals surface area contributed by atoms with Crippen molar-refractivity contribution < 1.29 is 9.59 Å². The molecule has 3 aliphatic carbocycles. The number of carbonyl (C=O) groups is 2. The Hall–Kier alpha value is -1.66. The fraction of sp³-hybridized carbons (Fsp3) is 0.545. The summed E-state index contributed by atoms with van der Waals surface area (Å²) in [4.78, 5) is 26.2. The Morgan fingerprint density at radius 2 is 1.64 bits per heavy atom. The molecule has 1 spiro atoms. The maximum Gasteiger partial charge on any atom is 0.228 e. The Labute approximate surface area is 174 Å². The highest BCUT2D eigenvalue weighted by Gasteiger charge is 2.69. The number of amides is 2. The number of nitrogens with one attached hydrogen (secondary N) is 2. The summed E-state index contributed by atoms with van der Waals surface area (Å²) < 4.78 is 0.970. The van der Waals surface area contributed by atoms with Crippen molar-refractivity contribution in [3.63, 3.8) is 0 Å². The van der Waals surface area contributed by atoms with E-state index in [1.807, 2.05) is 24.3 Å². The number of allylic oxidation sites excluding steroid dienone is 2. The number of halogens is 1. The predicted octanol–water partition coefficient (Wildman–Crippen LogP) is 3.46. The van der Waals surface area contributed by atoms with Crippen LogP contribution in [0.1, 0.15) is 32.1 Å². The monoisotopic (exact) mass is 445 g/mol. The summed E-state index contributed by atoms with van der Waals surface area (Å²) in [7, 11) is 0. The van der Waals surface area contributed by atoms with Crippen LogP contribution in [0.3, 0.4) is 0 Å². The Kier molecular flexibility index (Phi) is 5.61. The molecule has 4 N–H and O–H groups in total. The van der Waals surface area contributed by atoms with E-state index in [0.29, 0.717) is 13.1 Å². The third-order valence-corrected chi connectivity index (χ3v) is 7.27. The number of nitrogens with two attached hydrogens (primary N) is 1. The largest absolute Gasteiger partial charge is 0.356 e. The molecule has 0 unspecified atom stereocenters. The van der Waals surface area contributed by atoms with E-state index in [1.54, 1.807) is 0 Å². The second-order valence-electron chi connectivity index (χ2n) is 8.36. The van der Waals surface area contributed by atoms with Crippen molar-refractivity contribution in [3.8, 4) is 0 Å². The van der Waals surface area contributed by atoms with Crippen molar-refractivity contribution in [2.24, 2.45) is 34.8 Å². The molecule has 2 fully saturated rings. The summed E-state index contributed by atoms with van der Waals surface area (Å²) in [6.07, 6.45) is 9.56. The number of rotatable bonds is 8. The minimum Gasteiger partial charge on any atom is -0.356 e. The van der Waals surface area contributed by atoms with Gasteiger partial charge in [-0.15, -0.1) is 0 Å². The number of unbranched alkanes of at least 4 members (excludes halogenated alkanes) is 2. The van der Waals surface area contributed by atoms with Crippen LogP contribution in [0.25, 0.3) is 0 Å². The summed E-state index contributed by atoms with van der Waals surface area (Å²) in [5, 5.41) is 6.13. The maximum absolute atomic E-state index is 13.2. The molecule has 6 heteroatoms. The molecule has 0 heterocycles. The average molecular weight is 446 g/mol. The summed E-state index contributed by atoms with van der Waals surface area (Å²) in [6, 6.07) is 7.57. The molecule has 4 rings (SSSR count). The van der Waals surface area contributed by atoms with Gasteiger partial charge in [-0.05, 0) is 73.7 Å². The van der Waals surface area contributed by atoms with Crippen LogP contribution in [0.4, 0.5) is 5.69 Å². The van der Waals surface area contributed by atoms with Gasteiger partial charge in [0.25, 0.3) is 0 Å². The summed E-state index contributed by atoms with van der Waals surface area (Å²) in [5.74, 6) is -0.170. The smallest absolute Gasteiger partial charge is 0.228 e. The quantitative estimate of drug-likeness (QED) is 0.423. The van der Waals surface area contributed by atoms with Crippen molar-refractivity contribution in [2.45, 2.75) is 32.1 Å². The fourth-order valence-electron chi connectivity index (χ4n) is 5.24. The molecule has 2 bridgehead atoms. The van der Waals surface area contributed by atoms with E-state index in [0.717, 1.165) is 42.3 Å². The van der Waals surface area contributed by atoms with Gasteiger partial charge in [-0.1, -0.05) is 34.5 Å². The van der Waals surface area contributed by atoms with Crippen LogP contribution in [0.2, 0.25) is 0 Å². The van der Waals surface area contributed by atoms with Gasteiger partial charge in [-0.2, -0.15) is 0 Å². The predicted molar refractivity (Wildman–Crippen MR) is 113 cm³/mol. The Balaban J connectivity index is 1.46. The second kappa shape index (κ2) is 7.99. The lowest BCUT2D eigenvalue weighted by atomic mass is 9.81. The molecule has 1 aromatic carbocycles. The molecule has 2 saturated carbocycles. The maximum atomic E-state index is 13.2. The summed E-state index contributed by atoms with van der Waals surface area (Å²) >= 11 is 3.41. The third-order valence-electron chi connectivity index (χ3n) is 6.74. The molecule has 4 atom stereocenters. The molecule has 0 aromatic heterocycles.